The van der Waals surface area contributed by atoms with Crippen molar-refractivity contribution in [3.8, 4) is 0 Å². The van der Waals surface area contributed by atoms with E-state index in [2.05, 4.69) is 0 Å². The second-order valence-corrected chi connectivity index (χ2v) is 8.54. The van der Waals surface area contributed by atoms with Crippen LogP contribution in [0.1, 0.15) is 18.4 Å². The third-order valence-corrected chi connectivity index (χ3v) is 6.77. The molecule has 0 spiro atoms. The van der Waals surface area contributed by atoms with Crippen LogP contribution in [0.5, 0.6) is 0 Å². The van der Waals surface area contributed by atoms with Crippen molar-refractivity contribution in [2.24, 2.45) is 5.73 Å². The molecule has 146 valence electrons. The number of aryl methyl sites for hydroxylation is 1. The number of carbonyl (C=O) groups excluding carboxylic acids is 1. The number of rotatable bonds is 4. The van der Waals surface area contributed by atoms with Crippen molar-refractivity contribution in [1.82, 2.24) is 9.21 Å². The van der Waals surface area contributed by atoms with E-state index in [0.29, 0.717) is 44.0 Å². The summed E-state index contributed by atoms with van der Waals surface area (Å²) < 4.78 is 32.5. The number of hydrogen-bond acceptors (Lipinski definition) is 5. The molecular formula is C17H26ClN3O4S. The molecule has 0 radical (unpaired) electrons. The van der Waals surface area contributed by atoms with Gasteiger partial charge in [-0.25, -0.2) is 8.42 Å². The van der Waals surface area contributed by atoms with Gasteiger partial charge in [-0.15, -0.1) is 12.4 Å². The highest BCUT2D eigenvalue weighted by Crippen LogP contribution is 2.23. The Labute approximate surface area is 160 Å². The van der Waals surface area contributed by atoms with Gasteiger partial charge in [0.2, 0.25) is 10.0 Å². The molecule has 7 nitrogen and oxygen atoms in total. The molecule has 2 aliphatic heterocycles. The van der Waals surface area contributed by atoms with Crippen LogP contribution in [0, 0.1) is 6.92 Å². The van der Waals surface area contributed by atoms with E-state index < -0.39 is 16.1 Å². The summed E-state index contributed by atoms with van der Waals surface area (Å²) in [6.45, 7) is 3.71. The summed E-state index contributed by atoms with van der Waals surface area (Å²) in [4.78, 5) is 14.5. The number of ether oxygens (including phenoxy) is 1. The smallest absolute Gasteiger partial charge is 0.251 e. The largest absolute Gasteiger partial charge is 0.364 e. The van der Waals surface area contributed by atoms with Crippen LogP contribution in [0.4, 0.5) is 0 Å². The topological polar surface area (TPSA) is 92.9 Å². The highest BCUT2D eigenvalue weighted by atomic mass is 35.5. The number of hydrogen-bond donors (Lipinski definition) is 1. The molecule has 2 N–H and O–H groups in total. The fourth-order valence-corrected chi connectivity index (χ4v) is 4.69. The van der Waals surface area contributed by atoms with E-state index in [9.17, 15) is 13.2 Å². The maximum atomic E-state index is 12.7. The van der Waals surface area contributed by atoms with Crippen LogP contribution >= 0.6 is 12.4 Å². The Morgan fingerprint density at radius 1 is 1.15 bits per heavy atom. The van der Waals surface area contributed by atoms with Gasteiger partial charge in [0.15, 0.2) is 0 Å². The molecule has 1 amide bonds. The second-order valence-electron chi connectivity index (χ2n) is 6.60. The fraction of sp³-hybridized carbons (Fsp3) is 0.588. The van der Waals surface area contributed by atoms with E-state index in [0.717, 1.165) is 12.0 Å². The summed E-state index contributed by atoms with van der Waals surface area (Å²) in [7, 11) is -3.51. The minimum atomic E-state index is -3.51. The van der Waals surface area contributed by atoms with Crippen molar-refractivity contribution < 1.29 is 17.9 Å². The average molecular weight is 404 g/mol. The van der Waals surface area contributed by atoms with E-state index >= 15 is 0 Å². The molecule has 26 heavy (non-hydrogen) atoms. The Morgan fingerprint density at radius 3 is 2.31 bits per heavy atom. The number of carbonyl (C=O) groups is 1. The van der Waals surface area contributed by atoms with Crippen molar-refractivity contribution >= 4 is 28.3 Å². The van der Waals surface area contributed by atoms with Gasteiger partial charge in [0.05, 0.1) is 11.0 Å². The third-order valence-electron chi connectivity index (χ3n) is 4.85. The van der Waals surface area contributed by atoms with Gasteiger partial charge in [-0.3, -0.25) is 4.79 Å². The van der Waals surface area contributed by atoms with E-state index in [1.54, 1.807) is 29.2 Å². The molecule has 0 aliphatic carbocycles. The molecule has 2 saturated heterocycles. The number of amides is 1. The zero-order valence-corrected chi connectivity index (χ0v) is 16.5. The number of sulfonamides is 1. The molecule has 2 heterocycles. The maximum Gasteiger partial charge on any atom is 0.251 e. The van der Waals surface area contributed by atoms with Crippen molar-refractivity contribution in [3.63, 3.8) is 0 Å². The number of benzene rings is 1. The summed E-state index contributed by atoms with van der Waals surface area (Å²) in [6.07, 6.45) is 1.00. The molecule has 0 saturated carbocycles. The van der Waals surface area contributed by atoms with Crippen LogP contribution in [-0.4, -0.2) is 68.5 Å². The SMILES string of the molecule is Cc1ccc(S(=O)(=O)N2CCN(C(=O)[C@@H]3CC[C@H](CN)O3)CC2)cc1.Cl. The summed E-state index contributed by atoms with van der Waals surface area (Å²) in [5.41, 5.74) is 6.60. The summed E-state index contributed by atoms with van der Waals surface area (Å²) in [5, 5.41) is 0. The zero-order valence-electron chi connectivity index (χ0n) is 14.8. The van der Waals surface area contributed by atoms with E-state index in [-0.39, 0.29) is 24.4 Å². The van der Waals surface area contributed by atoms with Crippen molar-refractivity contribution in [1.29, 1.82) is 0 Å². The van der Waals surface area contributed by atoms with Crippen LogP contribution < -0.4 is 5.73 Å². The van der Waals surface area contributed by atoms with Crippen LogP contribution in [0.25, 0.3) is 0 Å². The first kappa shape index (κ1) is 21.1. The first-order chi connectivity index (χ1) is 11.9. The van der Waals surface area contributed by atoms with Crippen molar-refractivity contribution in [2.75, 3.05) is 32.7 Å². The molecule has 2 fully saturated rings. The molecule has 1 aromatic carbocycles. The molecule has 2 aliphatic rings. The monoisotopic (exact) mass is 403 g/mol. The summed E-state index contributed by atoms with van der Waals surface area (Å²) >= 11 is 0. The summed E-state index contributed by atoms with van der Waals surface area (Å²) in [6, 6.07) is 6.83. The minimum Gasteiger partial charge on any atom is -0.364 e. The van der Waals surface area contributed by atoms with Gasteiger partial charge >= 0.3 is 0 Å². The predicted molar refractivity (Wildman–Crippen MR) is 101 cm³/mol. The third kappa shape index (κ3) is 4.37. The lowest BCUT2D eigenvalue weighted by Crippen LogP contribution is -2.52. The Bertz CT molecular complexity index is 718. The highest BCUT2D eigenvalue weighted by molar-refractivity contribution is 7.89. The van der Waals surface area contributed by atoms with Crippen LogP contribution in [0.2, 0.25) is 0 Å². The summed E-state index contributed by atoms with van der Waals surface area (Å²) in [5.74, 6) is -0.0525. The number of piperazine rings is 1. The zero-order chi connectivity index (χ0) is 18.0. The fourth-order valence-electron chi connectivity index (χ4n) is 3.27. The lowest BCUT2D eigenvalue weighted by atomic mass is 10.1. The van der Waals surface area contributed by atoms with Gasteiger partial charge in [-0.1, -0.05) is 17.7 Å². The number of halogens is 1. The first-order valence-corrected chi connectivity index (χ1v) is 10.1. The van der Waals surface area contributed by atoms with E-state index in [4.69, 9.17) is 10.5 Å². The minimum absolute atomic E-state index is 0. The first-order valence-electron chi connectivity index (χ1n) is 8.63. The molecule has 9 heteroatoms. The van der Waals surface area contributed by atoms with Crippen LogP contribution in [-0.2, 0) is 19.6 Å². The van der Waals surface area contributed by atoms with Gasteiger partial charge in [0.25, 0.3) is 5.91 Å². The highest BCUT2D eigenvalue weighted by Gasteiger charge is 2.36. The Balaban J connectivity index is 0.00000243. The number of nitrogens with two attached hydrogens (primary N) is 1. The van der Waals surface area contributed by atoms with E-state index in [1.165, 1.54) is 4.31 Å². The van der Waals surface area contributed by atoms with Gasteiger partial charge in [0.1, 0.15) is 6.10 Å². The predicted octanol–water partition coefficient (Wildman–Crippen LogP) is 0.756. The Morgan fingerprint density at radius 2 is 1.77 bits per heavy atom. The molecule has 2 atom stereocenters. The molecule has 0 aromatic heterocycles. The van der Waals surface area contributed by atoms with E-state index in [1.807, 2.05) is 6.92 Å². The molecule has 3 rings (SSSR count). The molecular weight excluding hydrogens is 378 g/mol. The van der Waals surface area contributed by atoms with Gasteiger partial charge < -0.3 is 15.4 Å². The Kier molecular flexibility index (Phi) is 7.04. The average Bonchev–Trinajstić information content (AvgIpc) is 3.11. The standard InChI is InChI=1S/C17H25N3O4S.ClH/c1-13-2-5-15(6-3-13)25(22,23)20-10-8-19(9-11-20)17(21)16-7-4-14(12-18)24-16;/h2-3,5-6,14,16H,4,7-12,18H2,1H3;1H/t14-,16+;/m1./s1. The molecule has 0 unspecified atom stereocenters. The second kappa shape index (κ2) is 8.67. The Hall–Kier alpha value is -1.19. The van der Waals surface area contributed by atoms with Gasteiger partial charge in [0, 0.05) is 32.7 Å². The van der Waals surface area contributed by atoms with Gasteiger partial charge in [-0.2, -0.15) is 4.31 Å². The quantitative estimate of drug-likeness (QED) is 0.801. The molecule has 1 aromatic rings. The maximum absolute atomic E-state index is 12.7. The van der Waals surface area contributed by atoms with Crippen LogP contribution in [0.15, 0.2) is 29.2 Å². The normalized spacial score (nSPS) is 24.3. The lowest BCUT2D eigenvalue weighted by Gasteiger charge is -2.35. The van der Waals surface area contributed by atoms with Gasteiger partial charge in [-0.05, 0) is 31.9 Å². The van der Waals surface area contributed by atoms with Crippen molar-refractivity contribution in [3.05, 3.63) is 29.8 Å². The number of nitrogens with zero attached hydrogens (tertiary/aromatic N) is 2. The van der Waals surface area contributed by atoms with Crippen LogP contribution in [0.3, 0.4) is 0 Å². The molecule has 0 bridgehead atoms. The lowest BCUT2D eigenvalue weighted by molar-refractivity contribution is -0.143. The van der Waals surface area contributed by atoms with Crippen molar-refractivity contribution in [2.45, 2.75) is 36.9 Å².